The highest BCUT2D eigenvalue weighted by Gasteiger charge is 2.33. The Kier molecular flexibility index (Phi) is 3.57. The van der Waals surface area contributed by atoms with Crippen molar-refractivity contribution in [2.24, 2.45) is 5.41 Å². The summed E-state index contributed by atoms with van der Waals surface area (Å²) in [6.45, 7) is 5.57. The summed E-state index contributed by atoms with van der Waals surface area (Å²) in [6.07, 6.45) is 9.48. The third-order valence-corrected chi connectivity index (χ3v) is 4.46. The summed E-state index contributed by atoms with van der Waals surface area (Å²) in [5, 5.41) is 11.0. The highest BCUT2D eigenvalue weighted by Crippen LogP contribution is 2.37. The maximum Gasteiger partial charge on any atom is 0.0710 e. The molecule has 1 saturated carbocycles. The predicted molar refractivity (Wildman–Crippen MR) is 80.1 cm³/mol. The second kappa shape index (κ2) is 5.37. The molecule has 0 saturated heterocycles. The van der Waals surface area contributed by atoms with E-state index in [9.17, 15) is 0 Å². The third-order valence-electron chi connectivity index (χ3n) is 4.46. The molecule has 2 aromatic heterocycles. The van der Waals surface area contributed by atoms with Crippen molar-refractivity contribution in [1.29, 1.82) is 0 Å². The lowest BCUT2D eigenvalue weighted by Gasteiger charge is -2.28. The van der Waals surface area contributed by atoms with Crippen LogP contribution in [0.15, 0.2) is 30.7 Å². The van der Waals surface area contributed by atoms with Crippen molar-refractivity contribution in [3.05, 3.63) is 36.3 Å². The lowest BCUT2D eigenvalue weighted by Crippen LogP contribution is -2.37. The zero-order valence-corrected chi connectivity index (χ0v) is 12.2. The van der Waals surface area contributed by atoms with Crippen LogP contribution >= 0.6 is 0 Å². The molecular weight excluding hydrogens is 248 g/mol. The van der Waals surface area contributed by atoms with Crippen molar-refractivity contribution < 1.29 is 0 Å². The first-order valence-electron chi connectivity index (χ1n) is 7.33. The first kappa shape index (κ1) is 13.3. The Hall–Kier alpha value is -1.68. The predicted octanol–water partition coefficient (Wildman–Crippen LogP) is 3.14. The number of nitrogens with zero attached hydrogens (tertiary/aromatic N) is 2. The van der Waals surface area contributed by atoms with E-state index in [1.54, 1.807) is 6.20 Å². The smallest absolute Gasteiger partial charge is 0.0710 e. The molecule has 106 valence electrons. The molecule has 2 N–H and O–H groups in total. The maximum absolute atomic E-state index is 4.19. The van der Waals surface area contributed by atoms with Gasteiger partial charge >= 0.3 is 0 Å². The first-order valence-corrected chi connectivity index (χ1v) is 7.33. The number of hydrogen-bond donors (Lipinski definition) is 2. The molecule has 4 heteroatoms. The van der Waals surface area contributed by atoms with Gasteiger partial charge in [0.1, 0.15) is 0 Å². The average molecular weight is 270 g/mol. The van der Waals surface area contributed by atoms with E-state index in [1.807, 2.05) is 18.5 Å². The van der Waals surface area contributed by atoms with Gasteiger partial charge in [0.2, 0.25) is 0 Å². The zero-order chi connectivity index (χ0) is 14.0. The van der Waals surface area contributed by atoms with Crippen LogP contribution in [0.25, 0.3) is 11.3 Å². The fraction of sp³-hybridized carbons (Fsp3) is 0.500. The van der Waals surface area contributed by atoms with Gasteiger partial charge in [0, 0.05) is 36.1 Å². The number of pyridine rings is 1. The molecule has 0 radical (unpaired) electrons. The Morgan fingerprint density at radius 2 is 2.30 bits per heavy atom. The molecule has 1 unspecified atom stereocenters. The van der Waals surface area contributed by atoms with E-state index < -0.39 is 0 Å². The maximum atomic E-state index is 4.19. The summed E-state index contributed by atoms with van der Waals surface area (Å²) in [4.78, 5) is 4.17. The largest absolute Gasteiger partial charge is 0.309 e. The van der Waals surface area contributed by atoms with E-state index in [1.165, 1.54) is 24.8 Å². The van der Waals surface area contributed by atoms with Gasteiger partial charge in [-0.3, -0.25) is 10.1 Å². The third kappa shape index (κ3) is 2.61. The molecule has 0 amide bonds. The number of nitrogens with one attached hydrogen (secondary N) is 2. The monoisotopic (exact) mass is 270 g/mol. The molecule has 3 rings (SSSR count). The molecule has 1 aliphatic carbocycles. The van der Waals surface area contributed by atoms with Crippen LogP contribution < -0.4 is 5.32 Å². The van der Waals surface area contributed by atoms with Crippen molar-refractivity contribution in [3.63, 3.8) is 0 Å². The lowest BCUT2D eigenvalue weighted by molar-refractivity contribution is 0.282. The molecule has 0 aromatic carbocycles. The van der Waals surface area contributed by atoms with E-state index in [2.05, 4.69) is 40.4 Å². The second-order valence-corrected chi connectivity index (χ2v) is 6.33. The molecule has 0 aliphatic heterocycles. The van der Waals surface area contributed by atoms with E-state index in [-0.39, 0.29) is 0 Å². The Morgan fingerprint density at radius 1 is 1.40 bits per heavy atom. The molecule has 1 aliphatic rings. The number of aromatic amines is 1. The van der Waals surface area contributed by atoms with Gasteiger partial charge in [0.25, 0.3) is 0 Å². The van der Waals surface area contributed by atoms with Crippen LogP contribution in [0.1, 0.15) is 38.7 Å². The number of H-pyrrole nitrogens is 1. The molecule has 0 spiro atoms. The topological polar surface area (TPSA) is 53.6 Å². The van der Waals surface area contributed by atoms with E-state index >= 15 is 0 Å². The fourth-order valence-electron chi connectivity index (χ4n) is 3.14. The Bertz CT molecular complexity index is 559. The average Bonchev–Trinajstić information content (AvgIpc) is 3.03. The van der Waals surface area contributed by atoms with Gasteiger partial charge in [0.15, 0.2) is 0 Å². The summed E-state index contributed by atoms with van der Waals surface area (Å²) < 4.78 is 0. The van der Waals surface area contributed by atoms with E-state index in [4.69, 9.17) is 0 Å². The van der Waals surface area contributed by atoms with Crippen molar-refractivity contribution >= 4 is 0 Å². The van der Waals surface area contributed by atoms with Crippen LogP contribution in [0.2, 0.25) is 0 Å². The number of hydrogen-bond acceptors (Lipinski definition) is 3. The van der Waals surface area contributed by atoms with Crippen LogP contribution in [0.4, 0.5) is 0 Å². The summed E-state index contributed by atoms with van der Waals surface area (Å²) in [5.41, 5.74) is 3.77. The van der Waals surface area contributed by atoms with Gasteiger partial charge in [-0.25, -0.2) is 0 Å². The van der Waals surface area contributed by atoms with Crippen LogP contribution in [0.5, 0.6) is 0 Å². The van der Waals surface area contributed by atoms with Crippen molar-refractivity contribution in [2.75, 3.05) is 0 Å². The molecule has 20 heavy (non-hydrogen) atoms. The van der Waals surface area contributed by atoms with Crippen LogP contribution in [-0.4, -0.2) is 21.2 Å². The molecule has 4 nitrogen and oxygen atoms in total. The van der Waals surface area contributed by atoms with Gasteiger partial charge in [-0.15, -0.1) is 0 Å². The van der Waals surface area contributed by atoms with Gasteiger partial charge in [-0.05, 0) is 30.4 Å². The van der Waals surface area contributed by atoms with Crippen LogP contribution in [-0.2, 0) is 6.54 Å². The van der Waals surface area contributed by atoms with Gasteiger partial charge < -0.3 is 5.32 Å². The van der Waals surface area contributed by atoms with Gasteiger partial charge in [-0.2, -0.15) is 5.10 Å². The SMILES string of the molecule is CC1(C)CCCC1NCc1cn[nH]c1-c1cccnc1. The summed E-state index contributed by atoms with van der Waals surface area (Å²) in [7, 11) is 0. The normalized spacial score (nSPS) is 21.2. The summed E-state index contributed by atoms with van der Waals surface area (Å²) >= 11 is 0. The highest BCUT2D eigenvalue weighted by molar-refractivity contribution is 5.61. The van der Waals surface area contributed by atoms with Crippen LogP contribution in [0, 0.1) is 5.41 Å². The number of rotatable bonds is 4. The van der Waals surface area contributed by atoms with E-state index in [0.29, 0.717) is 11.5 Å². The van der Waals surface area contributed by atoms with Crippen molar-refractivity contribution in [1.82, 2.24) is 20.5 Å². The number of aromatic nitrogens is 3. The summed E-state index contributed by atoms with van der Waals surface area (Å²) in [5.74, 6) is 0. The minimum Gasteiger partial charge on any atom is -0.309 e. The van der Waals surface area contributed by atoms with E-state index in [0.717, 1.165) is 17.8 Å². The highest BCUT2D eigenvalue weighted by atomic mass is 15.1. The molecule has 1 fully saturated rings. The Balaban J connectivity index is 1.72. The zero-order valence-electron chi connectivity index (χ0n) is 12.2. The molecular formula is C16H22N4. The van der Waals surface area contributed by atoms with Crippen molar-refractivity contribution in [3.8, 4) is 11.3 Å². The standard InChI is InChI=1S/C16H22N4/c1-16(2)7-3-6-14(16)18-10-13-11-19-20-15(13)12-5-4-8-17-9-12/h4-5,8-9,11,14,18H,3,6-7,10H2,1-2H3,(H,19,20). The second-order valence-electron chi connectivity index (χ2n) is 6.33. The van der Waals surface area contributed by atoms with Gasteiger partial charge in [-0.1, -0.05) is 20.3 Å². The van der Waals surface area contributed by atoms with Crippen LogP contribution in [0.3, 0.4) is 0 Å². The van der Waals surface area contributed by atoms with Gasteiger partial charge in [0.05, 0.1) is 11.9 Å². The fourth-order valence-corrected chi connectivity index (χ4v) is 3.14. The minimum absolute atomic E-state index is 0.401. The molecule has 2 heterocycles. The Labute approximate surface area is 120 Å². The summed E-state index contributed by atoms with van der Waals surface area (Å²) in [6, 6.07) is 4.61. The quantitative estimate of drug-likeness (QED) is 0.897. The first-order chi connectivity index (χ1) is 9.67. The molecule has 0 bridgehead atoms. The minimum atomic E-state index is 0.401. The Morgan fingerprint density at radius 3 is 3.00 bits per heavy atom. The molecule has 1 atom stereocenters. The lowest BCUT2D eigenvalue weighted by atomic mass is 9.87. The molecule has 2 aromatic rings. The van der Waals surface area contributed by atoms with Crippen molar-refractivity contribution in [2.45, 2.75) is 45.7 Å².